The van der Waals surface area contributed by atoms with Gasteiger partial charge >= 0.3 is 0 Å². The normalized spacial score (nSPS) is 13.4. The van der Waals surface area contributed by atoms with Crippen molar-refractivity contribution in [2.24, 2.45) is 15.9 Å². The summed E-state index contributed by atoms with van der Waals surface area (Å²) in [6, 6.07) is 6.07. The average Bonchev–Trinajstić information content (AvgIpc) is 2.13. The molecule has 0 bridgehead atoms. The van der Waals surface area contributed by atoms with Gasteiger partial charge in [-0.05, 0) is 39.0 Å². The van der Waals surface area contributed by atoms with Crippen molar-refractivity contribution in [3.63, 3.8) is 0 Å². The van der Waals surface area contributed by atoms with Crippen molar-refractivity contribution in [1.82, 2.24) is 0 Å². The van der Waals surface area contributed by atoms with E-state index in [4.69, 9.17) is 10.9 Å². The highest BCUT2D eigenvalue weighted by atomic mass is 32.2. The van der Waals surface area contributed by atoms with Gasteiger partial charge in [-0.1, -0.05) is 6.07 Å². The van der Waals surface area contributed by atoms with Gasteiger partial charge in [0.15, 0.2) is 5.96 Å². The Bertz CT molecular complexity index is 559. The van der Waals surface area contributed by atoms with E-state index in [2.05, 4.69) is 10.3 Å². The van der Waals surface area contributed by atoms with E-state index in [1.54, 1.807) is 12.1 Å². The lowest BCUT2D eigenvalue weighted by Crippen LogP contribution is -2.27. The molecule has 0 spiro atoms. The van der Waals surface area contributed by atoms with Crippen molar-refractivity contribution in [2.45, 2.75) is 31.2 Å². The first-order valence-corrected chi connectivity index (χ1v) is 6.88. The van der Waals surface area contributed by atoms with E-state index in [1.807, 2.05) is 20.8 Å². The number of benzene rings is 1. The summed E-state index contributed by atoms with van der Waals surface area (Å²) < 4.78 is 22.4. The van der Waals surface area contributed by atoms with E-state index in [0.717, 1.165) is 0 Å². The van der Waals surface area contributed by atoms with Crippen molar-refractivity contribution in [3.8, 4) is 0 Å². The fourth-order valence-electron chi connectivity index (χ4n) is 1.29. The molecule has 0 saturated heterocycles. The lowest BCUT2D eigenvalue weighted by Gasteiger charge is -2.14. The molecule has 1 aromatic rings. The number of guanidine groups is 1. The van der Waals surface area contributed by atoms with Crippen molar-refractivity contribution >= 4 is 21.7 Å². The Kier molecular flexibility index (Phi) is 3.98. The summed E-state index contributed by atoms with van der Waals surface area (Å²) in [5.41, 5.74) is 5.92. The summed E-state index contributed by atoms with van der Waals surface area (Å²) in [5, 5.41) is 7.86. The first-order valence-electron chi connectivity index (χ1n) is 5.33. The highest BCUT2D eigenvalue weighted by molar-refractivity contribution is 7.89. The maximum atomic E-state index is 11.2. The topological polar surface area (TPSA) is 111 Å². The van der Waals surface area contributed by atoms with Crippen molar-refractivity contribution in [2.75, 3.05) is 5.32 Å². The summed E-state index contributed by atoms with van der Waals surface area (Å²) in [7, 11) is -3.72. The minimum Gasteiger partial charge on any atom is -0.370 e. The van der Waals surface area contributed by atoms with Gasteiger partial charge in [-0.15, -0.1) is 0 Å². The quantitative estimate of drug-likeness (QED) is 0.546. The largest absolute Gasteiger partial charge is 0.370 e. The Balaban J connectivity index is 2.97. The molecule has 0 aliphatic heterocycles. The molecule has 0 heterocycles. The molecule has 7 heteroatoms. The van der Waals surface area contributed by atoms with Crippen LogP contribution in [0.25, 0.3) is 0 Å². The van der Waals surface area contributed by atoms with E-state index in [1.165, 1.54) is 12.1 Å². The molecule has 6 nitrogen and oxygen atoms in total. The summed E-state index contributed by atoms with van der Waals surface area (Å²) in [4.78, 5) is 4.22. The summed E-state index contributed by atoms with van der Waals surface area (Å²) in [6.45, 7) is 5.72. The Morgan fingerprint density at radius 3 is 2.44 bits per heavy atom. The number of anilines is 1. The zero-order valence-corrected chi connectivity index (χ0v) is 11.5. The second kappa shape index (κ2) is 4.95. The number of nitrogens with two attached hydrogens (primary N) is 2. The van der Waals surface area contributed by atoms with Gasteiger partial charge in [0, 0.05) is 5.69 Å². The molecule has 100 valence electrons. The van der Waals surface area contributed by atoms with Crippen LogP contribution < -0.4 is 16.2 Å². The van der Waals surface area contributed by atoms with Crippen molar-refractivity contribution < 1.29 is 8.42 Å². The lowest BCUT2D eigenvalue weighted by molar-refractivity contribution is 0.583. The number of aliphatic imine (C=N–C) groups is 1. The predicted molar refractivity (Wildman–Crippen MR) is 72.8 cm³/mol. The second-order valence-corrected chi connectivity index (χ2v) is 6.43. The Morgan fingerprint density at radius 2 is 1.94 bits per heavy atom. The first kappa shape index (κ1) is 14.5. The first-order chi connectivity index (χ1) is 8.08. The summed E-state index contributed by atoms with van der Waals surface area (Å²) in [6.07, 6.45) is 0. The van der Waals surface area contributed by atoms with Crippen LogP contribution >= 0.6 is 0 Å². The van der Waals surface area contributed by atoms with Gasteiger partial charge in [0.2, 0.25) is 10.0 Å². The molecule has 0 saturated carbocycles. The Morgan fingerprint density at radius 1 is 1.33 bits per heavy atom. The zero-order chi connectivity index (χ0) is 14.0. The maximum Gasteiger partial charge on any atom is 0.238 e. The average molecular weight is 270 g/mol. The minimum absolute atomic E-state index is 0.0241. The fourth-order valence-corrected chi connectivity index (χ4v) is 1.85. The van der Waals surface area contributed by atoms with Crippen LogP contribution in [0.5, 0.6) is 0 Å². The Hall–Kier alpha value is -1.60. The maximum absolute atomic E-state index is 11.2. The third-order valence-electron chi connectivity index (χ3n) is 1.89. The van der Waals surface area contributed by atoms with Crippen LogP contribution in [0, 0.1) is 0 Å². The summed E-state index contributed by atoms with van der Waals surface area (Å²) in [5.74, 6) is 0.217. The Labute approximate surface area is 107 Å². The van der Waals surface area contributed by atoms with Crippen LogP contribution in [0.4, 0.5) is 5.69 Å². The van der Waals surface area contributed by atoms with Gasteiger partial charge < -0.3 is 11.1 Å². The minimum atomic E-state index is -3.72. The molecule has 18 heavy (non-hydrogen) atoms. The third-order valence-corrected chi connectivity index (χ3v) is 2.80. The third kappa shape index (κ3) is 4.72. The van der Waals surface area contributed by atoms with Gasteiger partial charge in [-0.25, -0.2) is 18.5 Å². The van der Waals surface area contributed by atoms with Crippen LogP contribution in [-0.2, 0) is 10.0 Å². The van der Waals surface area contributed by atoms with Crippen LogP contribution in [0.15, 0.2) is 34.2 Å². The molecular formula is C11H18N4O2S. The SMILES string of the molecule is CC(C)(C)N=C(N)Nc1cccc(S(N)(=O)=O)c1. The van der Waals surface area contributed by atoms with Gasteiger partial charge in [0.1, 0.15) is 0 Å². The molecule has 1 aromatic carbocycles. The van der Waals surface area contributed by atoms with Crippen molar-refractivity contribution in [1.29, 1.82) is 0 Å². The number of rotatable bonds is 2. The molecule has 1 rings (SSSR count). The number of hydrogen-bond donors (Lipinski definition) is 3. The highest BCUT2D eigenvalue weighted by Gasteiger charge is 2.10. The molecule has 0 aromatic heterocycles. The van der Waals surface area contributed by atoms with E-state index in [9.17, 15) is 8.42 Å². The predicted octanol–water partition coefficient (Wildman–Crippen LogP) is 0.859. The van der Waals surface area contributed by atoms with E-state index in [0.29, 0.717) is 5.69 Å². The van der Waals surface area contributed by atoms with Crippen LogP contribution in [0.2, 0.25) is 0 Å². The van der Waals surface area contributed by atoms with Crippen molar-refractivity contribution in [3.05, 3.63) is 24.3 Å². The molecule has 0 atom stereocenters. The number of nitrogens with one attached hydrogen (secondary N) is 1. The molecule has 0 aliphatic rings. The monoisotopic (exact) mass is 270 g/mol. The number of hydrogen-bond acceptors (Lipinski definition) is 3. The smallest absolute Gasteiger partial charge is 0.238 e. The van der Waals surface area contributed by atoms with Crippen LogP contribution in [-0.4, -0.2) is 19.9 Å². The number of primary sulfonamides is 1. The number of nitrogens with zero attached hydrogens (tertiary/aromatic N) is 1. The van der Waals surface area contributed by atoms with E-state index >= 15 is 0 Å². The van der Waals surface area contributed by atoms with Gasteiger partial charge in [-0.3, -0.25) is 0 Å². The molecule has 0 amide bonds. The lowest BCUT2D eigenvalue weighted by atomic mass is 10.1. The van der Waals surface area contributed by atoms with E-state index < -0.39 is 10.0 Å². The molecule has 0 aliphatic carbocycles. The van der Waals surface area contributed by atoms with Crippen LogP contribution in [0.3, 0.4) is 0 Å². The van der Waals surface area contributed by atoms with E-state index in [-0.39, 0.29) is 16.4 Å². The highest BCUT2D eigenvalue weighted by Crippen LogP contribution is 2.14. The molecule has 0 unspecified atom stereocenters. The standard InChI is InChI=1S/C11H18N4O2S/c1-11(2,3)15-10(12)14-8-5-4-6-9(7-8)18(13,16)17/h4-7H,1-3H3,(H3,12,14,15)(H2,13,16,17). The number of sulfonamides is 1. The molecular weight excluding hydrogens is 252 g/mol. The molecule has 0 radical (unpaired) electrons. The zero-order valence-electron chi connectivity index (χ0n) is 10.6. The van der Waals surface area contributed by atoms with Crippen LogP contribution in [0.1, 0.15) is 20.8 Å². The van der Waals surface area contributed by atoms with Gasteiger partial charge in [0.25, 0.3) is 0 Å². The van der Waals surface area contributed by atoms with Gasteiger partial charge in [-0.2, -0.15) is 0 Å². The molecule has 5 N–H and O–H groups in total. The fraction of sp³-hybridized carbons (Fsp3) is 0.364. The van der Waals surface area contributed by atoms with Gasteiger partial charge in [0.05, 0.1) is 10.4 Å². The molecule has 0 fully saturated rings. The second-order valence-electron chi connectivity index (χ2n) is 4.87. The summed E-state index contributed by atoms with van der Waals surface area (Å²) >= 11 is 0.